The molecular weight excluding hydrogens is 380 g/mol. The summed E-state index contributed by atoms with van der Waals surface area (Å²) < 4.78 is 0. The molecular formula is C23H20N4O3. The van der Waals surface area contributed by atoms with E-state index in [-0.39, 0.29) is 12.3 Å². The van der Waals surface area contributed by atoms with Gasteiger partial charge in [0.25, 0.3) is 5.91 Å². The lowest BCUT2D eigenvalue weighted by Gasteiger charge is -2.35. The molecule has 1 N–H and O–H groups in total. The van der Waals surface area contributed by atoms with Crippen molar-refractivity contribution in [3.63, 3.8) is 0 Å². The number of pyridine rings is 1. The largest absolute Gasteiger partial charge is 0.481 e. The van der Waals surface area contributed by atoms with E-state index in [0.717, 1.165) is 5.69 Å². The number of rotatable bonds is 6. The highest BCUT2D eigenvalue weighted by Crippen LogP contribution is 2.30. The van der Waals surface area contributed by atoms with Crippen molar-refractivity contribution in [3.05, 3.63) is 103 Å². The monoisotopic (exact) mass is 400 g/mol. The molecule has 0 fully saturated rings. The number of hydrogen-bond acceptors (Lipinski definition) is 5. The van der Waals surface area contributed by atoms with Crippen molar-refractivity contribution in [1.82, 2.24) is 9.99 Å². The van der Waals surface area contributed by atoms with Gasteiger partial charge in [0.05, 0.1) is 17.8 Å². The Bertz CT molecular complexity index is 1060. The molecule has 0 saturated carbocycles. The average molecular weight is 400 g/mol. The van der Waals surface area contributed by atoms with Gasteiger partial charge in [-0.3, -0.25) is 19.6 Å². The molecule has 1 aliphatic heterocycles. The van der Waals surface area contributed by atoms with Gasteiger partial charge in [-0.2, -0.15) is 0 Å². The standard InChI is InChI=1S/C23H20N4O3/c28-22(29)15-21-16-25(19-9-5-2-6-10-19)17-26(21)27(20-11-13-24-14-12-20)23(30)18-7-3-1-4-8-18/h1-14,16H,15,17H2,(H,28,29). The first-order valence-electron chi connectivity index (χ1n) is 9.44. The Hall–Kier alpha value is -4.13. The number of carbonyl (C=O) groups excluding carboxylic acids is 1. The van der Waals surface area contributed by atoms with Gasteiger partial charge in [0.1, 0.15) is 6.67 Å². The molecule has 2 heterocycles. The Morgan fingerprint density at radius 1 is 0.933 bits per heavy atom. The summed E-state index contributed by atoms with van der Waals surface area (Å²) in [5.74, 6) is -1.23. The Morgan fingerprint density at radius 2 is 1.57 bits per heavy atom. The molecule has 1 aliphatic rings. The number of carboxylic acids is 1. The van der Waals surface area contributed by atoms with Crippen LogP contribution in [0, 0.1) is 0 Å². The van der Waals surface area contributed by atoms with E-state index in [0.29, 0.717) is 23.6 Å². The van der Waals surface area contributed by atoms with E-state index in [1.165, 1.54) is 5.01 Å². The minimum absolute atomic E-state index is 0.215. The van der Waals surface area contributed by atoms with E-state index in [4.69, 9.17) is 0 Å². The molecule has 0 bridgehead atoms. The predicted octanol–water partition coefficient (Wildman–Crippen LogP) is 3.74. The first-order valence-corrected chi connectivity index (χ1v) is 9.44. The van der Waals surface area contributed by atoms with E-state index >= 15 is 0 Å². The van der Waals surface area contributed by atoms with Crippen LogP contribution >= 0.6 is 0 Å². The lowest BCUT2D eigenvalue weighted by molar-refractivity contribution is -0.136. The number of carboxylic acid groups (broad SMARTS) is 1. The fourth-order valence-electron chi connectivity index (χ4n) is 3.34. The maximum atomic E-state index is 13.5. The van der Waals surface area contributed by atoms with E-state index in [2.05, 4.69) is 4.98 Å². The number of para-hydroxylation sites is 1. The van der Waals surface area contributed by atoms with Crippen LogP contribution in [0.2, 0.25) is 0 Å². The third-order valence-corrected chi connectivity index (χ3v) is 4.70. The molecule has 7 nitrogen and oxygen atoms in total. The van der Waals surface area contributed by atoms with Crippen molar-refractivity contribution >= 4 is 23.3 Å². The topological polar surface area (TPSA) is 77.0 Å². The number of aromatic nitrogens is 1. The number of anilines is 2. The molecule has 0 radical (unpaired) electrons. The molecule has 0 atom stereocenters. The average Bonchev–Trinajstić information content (AvgIpc) is 3.18. The molecule has 1 amide bonds. The summed E-state index contributed by atoms with van der Waals surface area (Å²) >= 11 is 0. The van der Waals surface area contributed by atoms with Crippen LogP contribution in [0.15, 0.2) is 97.1 Å². The molecule has 30 heavy (non-hydrogen) atoms. The number of benzene rings is 2. The second-order valence-corrected chi connectivity index (χ2v) is 6.73. The molecule has 150 valence electrons. The highest BCUT2D eigenvalue weighted by molar-refractivity contribution is 6.05. The molecule has 7 heteroatoms. The molecule has 0 unspecified atom stereocenters. The summed E-state index contributed by atoms with van der Waals surface area (Å²) in [5.41, 5.74) is 2.52. The highest BCUT2D eigenvalue weighted by atomic mass is 16.4. The first kappa shape index (κ1) is 19.2. The summed E-state index contributed by atoms with van der Waals surface area (Å²) in [6.07, 6.45) is 4.77. The van der Waals surface area contributed by atoms with E-state index in [9.17, 15) is 14.7 Å². The van der Waals surface area contributed by atoms with Crippen LogP contribution in [0.3, 0.4) is 0 Å². The summed E-state index contributed by atoms with van der Waals surface area (Å²) in [6.45, 7) is 0.299. The second kappa shape index (κ2) is 8.48. The minimum atomic E-state index is -0.969. The number of hydrogen-bond donors (Lipinski definition) is 1. The van der Waals surface area contributed by atoms with Gasteiger partial charge in [0, 0.05) is 29.8 Å². The zero-order valence-electron chi connectivity index (χ0n) is 16.1. The number of carbonyl (C=O) groups is 2. The number of hydrazine groups is 1. The van der Waals surface area contributed by atoms with Crippen molar-refractivity contribution in [3.8, 4) is 0 Å². The van der Waals surface area contributed by atoms with Gasteiger partial charge in [-0.1, -0.05) is 36.4 Å². The van der Waals surface area contributed by atoms with Gasteiger partial charge in [-0.25, -0.2) is 5.01 Å². The maximum Gasteiger partial charge on any atom is 0.309 e. The van der Waals surface area contributed by atoms with Crippen LogP contribution in [0.25, 0.3) is 0 Å². The third kappa shape index (κ3) is 4.00. The highest BCUT2D eigenvalue weighted by Gasteiger charge is 2.32. The molecule has 0 spiro atoms. The van der Waals surface area contributed by atoms with E-state index in [1.807, 2.05) is 41.3 Å². The van der Waals surface area contributed by atoms with Gasteiger partial charge in [0.2, 0.25) is 0 Å². The number of amides is 1. The Balaban J connectivity index is 1.76. The molecule has 3 aromatic rings. The first-order chi connectivity index (χ1) is 14.6. The zero-order chi connectivity index (χ0) is 20.9. The summed E-state index contributed by atoms with van der Waals surface area (Å²) in [4.78, 5) is 31.0. The van der Waals surface area contributed by atoms with Crippen molar-refractivity contribution in [2.75, 3.05) is 16.6 Å². The molecule has 0 saturated heterocycles. The van der Waals surface area contributed by atoms with Gasteiger partial charge in [-0.05, 0) is 36.4 Å². The number of nitrogens with zero attached hydrogens (tertiary/aromatic N) is 4. The molecule has 0 aliphatic carbocycles. The Morgan fingerprint density at radius 3 is 2.20 bits per heavy atom. The van der Waals surface area contributed by atoms with Crippen LogP contribution in [-0.4, -0.2) is 33.6 Å². The molecule has 2 aromatic carbocycles. The fraction of sp³-hybridized carbons (Fsp3) is 0.0870. The molecule has 4 rings (SSSR count). The van der Waals surface area contributed by atoms with Crippen molar-refractivity contribution in [2.24, 2.45) is 0 Å². The normalized spacial score (nSPS) is 13.1. The predicted molar refractivity (Wildman–Crippen MR) is 113 cm³/mol. The smallest absolute Gasteiger partial charge is 0.309 e. The number of aliphatic carboxylic acids is 1. The van der Waals surface area contributed by atoms with Crippen LogP contribution in [0.1, 0.15) is 16.8 Å². The SMILES string of the molecule is O=C(O)CC1=CN(c2ccccc2)CN1N(C(=O)c1ccccc1)c1ccncc1. The van der Waals surface area contributed by atoms with Crippen molar-refractivity contribution in [1.29, 1.82) is 0 Å². The van der Waals surface area contributed by atoms with Crippen molar-refractivity contribution in [2.45, 2.75) is 6.42 Å². The molecule has 1 aromatic heterocycles. The van der Waals surface area contributed by atoms with Gasteiger partial charge in [-0.15, -0.1) is 0 Å². The van der Waals surface area contributed by atoms with Crippen LogP contribution < -0.4 is 9.91 Å². The summed E-state index contributed by atoms with van der Waals surface area (Å²) in [7, 11) is 0. The Labute approximate surface area is 174 Å². The van der Waals surface area contributed by atoms with Crippen LogP contribution in [-0.2, 0) is 4.79 Å². The van der Waals surface area contributed by atoms with Crippen LogP contribution in [0.4, 0.5) is 11.4 Å². The summed E-state index contributed by atoms with van der Waals surface area (Å²) in [5, 5.41) is 12.7. The van der Waals surface area contributed by atoms with Crippen LogP contribution in [0.5, 0.6) is 0 Å². The van der Waals surface area contributed by atoms with E-state index < -0.39 is 5.97 Å². The maximum absolute atomic E-state index is 13.5. The fourth-order valence-corrected chi connectivity index (χ4v) is 3.34. The second-order valence-electron chi connectivity index (χ2n) is 6.73. The summed E-state index contributed by atoms with van der Waals surface area (Å²) in [6, 6.07) is 22.0. The van der Waals surface area contributed by atoms with E-state index in [1.54, 1.807) is 60.0 Å². The van der Waals surface area contributed by atoms with Gasteiger partial charge in [0.15, 0.2) is 0 Å². The third-order valence-electron chi connectivity index (χ3n) is 4.70. The minimum Gasteiger partial charge on any atom is -0.481 e. The Kier molecular flexibility index (Phi) is 5.43. The van der Waals surface area contributed by atoms with Gasteiger partial charge < -0.3 is 10.0 Å². The quantitative estimate of drug-likeness (QED) is 0.679. The van der Waals surface area contributed by atoms with Crippen molar-refractivity contribution < 1.29 is 14.7 Å². The lowest BCUT2D eigenvalue weighted by atomic mass is 10.2. The van der Waals surface area contributed by atoms with Gasteiger partial charge >= 0.3 is 5.97 Å². The lowest BCUT2D eigenvalue weighted by Crippen LogP contribution is -2.47. The zero-order valence-corrected chi connectivity index (χ0v) is 16.1.